The minimum atomic E-state index is -1.31. The van der Waals surface area contributed by atoms with Gasteiger partial charge in [0.1, 0.15) is 6.10 Å². The maximum absolute atomic E-state index is 13.3. The summed E-state index contributed by atoms with van der Waals surface area (Å²) in [6.45, 7) is 7.14. The average Bonchev–Trinajstić information content (AvgIpc) is 3.25. The lowest BCUT2D eigenvalue weighted by atomic mass is 9.78. The molecule has 1 amide bonds. The predicted octanol–water partition coefficient (Wildman–Crippen LogP) is 1.63. The highest BCUT2D eigenvalue weighted by Gasteiger charge is 2.51. The second-order valence-corrected chi connectivity index (χ2v) is 8.24. The normalized spacial score (nSPS) is 31.4. The van der Waals surface area contributed by atoms with E-state index in [1.807, 2.05) is 31.2 Å². The Kier molecular flexibility index (Phi) is 8.02. The summed E-state index contributed by atoms with van der Waals surface area (Å²) < 4.78 is 17.4. The Hall–Kier alpha value is -1.77. The van der Waals surface area contributed by atoms with Crippen LogP contribution < -0.4 is 5.32 Å². The molecule has 3 N–H and O–H groups in total. The molecular weight excluding hydrogens is 386 g/mol. The van der Waals surface area contributed by atoms with E-state index in [1.165, 1.54) is 0 Å². The molecule has 0 unspecified atom stereocenters. The molecule has 1 aromatic rings. The number of amides is 1. The summed E-state index contributed by atoms with van der Waals surface area (Å²) in [7, 11) is 0. The zero-order valence-electron chi connectivity index (χ0n) is 17.6. The van der Waals surface area contributed by atoms with Crippen LogP contribution in [0.1, 0.15) is 36.8 Å². The lowest BCUT2D eigenvalue weighted by molar-refractivity contribution is -0.196. The third-order valence-electron chi connectivity index (χ3n) is 5.80. The van der Waals surface area contributed by atoms with Crippen molar-refractivity contribution in [2.75, 3.05) is 19.8 Å². The first-order chi connectivity index (χ1) is 14.4. The molecule has 1 aliphatic carbocycles. The van der Waals surface area contributed by atoms with Gasteiger partial charge in [0.2, 0.25) is 0 Å². The Morgan fingerprint density at radius 2 is 2.23 bits per heavy atom. The number of benzene rings is 1. The molecule has 3 rings (SSSR count). The number of ether oxygens (including phenoxy) is 3. The van der Waals surface area contributed by atoms with Crippen LogP contribution in [0, 0.1) is 6.92 Å². The van der Waals surface area contributed by atoms with E-state index in [2.05, 4.69) is 11.9 Å². The summed E-state index contributed by atoms with van der Waals surface area (Å²) in [6.07, 6.45) is 0.620. The minimum Gasteiger partial charge on any atom is -0.390 e. The quantitative estimate of drug-likeness (QED) is 0.527. The highest BCUT2D eigenvalue weighted by molar-refractivity contribution is 5.85. The van der Waals surface area contributed by atoms with Crippen LogP contribution in [0.3, 0.4) is 0 Å². The molecule has 0 bridgehead atoms. The molecule has 30 heavy (non-hydrogen) atoms. The Balaban J connectivity index is 1.76. The summed E-state index contributed by atoms with van der Waals surface area (Å²) in [5, 5.41) is 23.8. The summed E-state index contributed by atoms with van der Waals surface area (Å²) in [5.74, 6) is -0.316. The van der Waals surface area contributed by atoms with Crippen molar-refractivity contribution in [3.63, 3.8) is 0 Å². The Morgan fingerprint density at radius 1 is 1.40 bits per heavy atom. The molecule has 1 aliphatic heterocycles. The number of rotatable bonds is 9. The largest absolute Gasteiger partial charge is 0.390 e. The molecule has 2 aliphatic rings. The topological polar surface area (TPSA) is 97.3 Å². The van der Waals surface area contributed by atoms with Crippen LogP contribution in [0.5, 0.6) is 0 Å². The van der Waals surface area contributed by atoms with Gasteiger partial charge in [-0.25, -0.2) is 0 Å². The van der Waals surface area contributed by atoms with Gasteiger partial charge in [-0.3, -0.25) is 4.79 Å². The van der Waals surface area contributed by atoms with Gasteiger partial charge in [0.25, 0.3) is 5.91 Å². The lowest BCUT2D eigenvalue weighted by Gasteiger charge is -2.43. The molecule has 0 aromatic heterocycles. The molecule has 5 atom stereocenters. The van der Waals surface area contributed by atoms with Crippen molar-refractivity contribution in [1.82, 2.24) is 5.32 Å². The van der Waals surface area contributed by atoms with Crippen LogP contribution in [-0.4, -0.2) is 65.9 Å². The summed E-state index contributed by atoms with van der Waals surface area (Å²) in [5.41, 5.74) is 0.720. The van der Waals surface area contributed by atoms with E-state index in [1.54, 1.807) is 6.08 Å². The SMILES string of the molecule is C=CCO[C@H]1C[C@](OCc2cccc(C)c2)(C(=O)NC[C@H]2CCCO2)C[C@@H](O)[C@H]1O. The third-order valence-corrected chi connectivity index (χ3v) is 5.80. The molecular formula is C23H33NO6. The monoisotopic (exact) mass is 419 g/mol. The van der Waals surface area contributed by atoms with E-state index in [9.17, 15) is 15.0 Å². The zero-order chi connectivity index (χ0) is 21.6. The van der Waals surface area contributed by atoms with Crippen molar-refractivity contribution in [3.8, 4) is 0 Å². The molecule has 1 heterocycles. The molecule has 1 saturated heterocycles. The lowest BCUT2D eigenvalue weighted by Crippen LogP contribution is -2.61. The molecule has 166 valence electrons. The second kappa shape index (κ2) is 10.5. The fraction of sp³-hybridized carbons (Fsp3) is 0.609. The Morgan fingerprint density at radius 3 is 2.93 bits per heavy atom. The van der Waals surface area contributed by atoms with E-state index in [0.29, 0.717) is 13.2 Å². The zero-order valence-corrected chi connectivity index (χ0v) is 17.6. The number of hydrogen-bond donors (Lipinski definition) is 3. The summed E-state index contributed by atoms with van der Waals surface area (Å²) in [4.78, 5) is 13.3. The number of carbonyl (C=O) groups excluding carboxylic acids is 1. The van der Waals surface area contributed by atoms with E-state index in [-0.39, 0.29) is 38.1 Å². The van der Waals surface area contributed by atoms with Gasteiger partial charge < -0.3 is 29.7 Å². The summed E-state index contributed by atoms with van der Waals surface area (Å²) in [6, 6.07) is 7.86. The molecule has 1 aromatic carbocycles. The number of nitrogens with one attached hydrogen (secondary N) is 1. The average molecular weight is 420 g/mol. The molecule has 7 heteroatoms. The first kappa shape index (κ1) is 22.9. The van der Waals surface area contributed by atoms with Gasteiger partial charge in [0.15, 0.2) is 5.60 Å². The smallest absolute Gasteiger partial charge is 0.252 e. The Labute approximate surface area is 178 Å². The van der Waals surface area contributed by atoms with E-state index in [4.69, 9.17) is 14.2 Å². The highest BCUT2D eigenvalue weighted by atomic mass is 16.5. The third kappa shape index (κ3) is 5.68. The van der Waals surface area contributed by atoms with Gasteiger partial charge in [-0.1, -0.05) is 35.9 Å². The maximum Gasteiger partial charge on any atom is 0.252 e. The first-order valence-electron chi connectivity index (χ1n) is 10.6. The van der Waals surface area contributed by atoms with Gasteiger partial charge in [0, 0.05) is 26.0 Å². The standard InChI is InChI=1S/C23H33NO6/c1-3-9-29-20-13-23(12-19(25)21(20)26,22(27)24-14-18-8-5-10-28-18)30-15-17-7-4-6-16(2)11-17/h3-4,6-7,11,18-21,25-26H,1,5,8-10,12-15H2,2H3,(H,24,27)/t18-,19-,20+,21-,23+/m1/s1. The van der Waals surface area contributed by atoms with Crippen LogP contribution in [0.15, 0.2) is 36.9 Å². The highest BCUT2D eigenvalue weighted by Crippen LogP contribution is 2.35. The molecule has 7 nitrogen and oxygen atoms in total. The summed E-state index contributed by atoms with van der Waals surface area (Å²) >= 11 is 0. The van der Waals surface area contributed by atoms with Crippen molar-refractivity contribution in [2.24, 2.45) is 0 Å². The van der Waals surface area contributed by atoms with E-state index < -0.39 is 23.9 Å². The van der Waals surface area contributed by atoms with Gasteiger partial charge in [-0.2, -0.15) is 0 Å². The van der Waals surface area contributed by atoms with Crippen LogP contribution in [-0.2, 0) is 25.6 Å². The number of aliphatic hydroxyl groups is 2. The van der Waals surface area contributed by atoms with Crippen molar-refractivity contribution < 1.29 is 29.2 Å². The number of aliphatic hydroxyl groups excluding tert-OH is 2. The van der Waals surface area contributed by atoms with Crippen LogP contribution in [0.2, 0.25) is 0 Å². The molecule has 2 fully saturated rings. The van der Waals surface area contributed by atoms with Crippen LogP contribution >= 0.6 is 0 Å². The molecule has 1 saturated carbocycles. The number of carbonyl (C=O) groups is 1. The van der Waals surface area contributed by atoms with Gasteiger partial charge >= 0.3 is 0 Å². The van der Waals surface area contributed by atoms with E-state index >= 15 is 0 Å². The predicted molar refractivity (Wildman–Crippen MR) is 112 cm³/mol. The fourth-order valence-electron chi connectivity index (χ4n) is 4.15. The maximum atomic E-state index is 13.3. The number of hydrogen-bond acceptors (Lipinski definition) is 6. The minimum absolute atomic E-state index is 0.00492. The van der Waals surface area contributed by atoms with Crippen molar-refractivity contribution in [2.45, 2.75) is 69.2 Å². The van der Waals surface area contributed by atoms with Gasteiger partial charge in [-0.05, 0) is 25.3 Å². The molecule has 0 spiro atoms. The molecule has 0 radical (unpaired) electrons. The fourth-order valence-corrected chi connectivity index (χ4v) is 4.15. The first-order valence-corrected chi connectivity index (χ1v) is 10.6. The van der Waals surface area contributed by atoms with Crippen LogP contribution in [0.4, 0.5) is 0 Å². The van der Waals surface area contributed by atoms with Crippen molar-refractivity contribution >= 4 is 5.91 Å². The van der Waals surface area contributed by atoms with Gasteiger partial charge in [0.05, 0.1) is 31.5 Å². The second-order valence-electron chi connectivity index (χ2n) is 8.24. The Bertz CT molecular complexity index is 719. The van der Waals surface area contributed by atoms with Gasteiger partial charge in [-0.15, -0.1) is 6.58 Å². The van der Waals surface area contributed by atoms with Crippen molar-refractivity contribution in [3.05, 3.63) is 48.0 Å². The van der Waals surface area contributed by atoms with E-state index in [0.717, 1.165) is 24.0 Å². The number of aryl methyl sites for hydroxylation is 1. The van der Waals surface area contributed by atoms with Crippen molar-refractivity contribution in [1.29, 1.82) is 0 Å². The van der Waals surface area contributed by atoms with Crippen LogP contribution in [0.25, 0.3) is 0 Å².